The van der Waals surface area contributed by atoms with Crippen molar-refractivity contribution in [2.24, 2.45) is 5.14 Å². The molecule has 1 saturated heterocycles. The summed E-state index contributed by atoms with van der Waals surface area (Å²) in [5.74, 6) is 0.676. The Morgan fingerprint density at radius 1 is 1.20 bits per heavy atom. The first-order valence-electron chi connectivity index (χ1n) is 9.38. The number of nitrogens with two attached hydrogens (primary N) is 1. The fourth-order valence-corrected chi connectivity index (χ4v) is 4.60. The molecule has 0 radical (unpaired) electrons. The summed E-state index contributed by atoms with van der Waals surface area (Å²) in [4.78, 5) is 14.0. The van der Waals surface area contributed by atoms with E-state index in [4.69, 9.17) is 9.88 Å². The van der Waals surface area contributed by atoms with Gasteiger partial charge < -0.3 is 10.1 Å². The van der Waals surface area contributed by atoms with Crippen molar-refractivity contribution < 1.29 is 18.1 Å². The summed E-state index contributed by atoms with van der Waals surface area (Å²) in [6.45, 7) is 3.57. The number of nitro groups is 1. The van der Waals surface area contributed by atoms with Gasteiger partial charge in [0.1, 0.15) is 5.69 Å². The number of hydrogen-bond donors (Lipinski definition) is 2. The average molecular weight is 453 g/mol. The van der Waals surface area contributed by atoms with E-state index < -0.39 is 14.9 Å². The molecular weight excluding hydrogens is 428 g/mol. The van der Waals surface area contributed by atoms with Gasteiger partial charge in [0, 0.05) is 42.4 Å². The van der Waals surface area contributed by atoms with E-state index in [0.29, 0.717) is 25.5 Å². The molecule has 0 bridgehead atoms. The Balaban J connectivity index is 1.80. The molecule has 30 heavy (non-hydrogen) atoms. The van der Waals surface area contributed by atoms with E-state index in [1.165, 1.54) is 12.1 Å². The number of thioether (sulfide) groups is 1. The zero-order chi connectivity index (χ0) is 21.6. The zero-order valence-electron chi connectivity index (χ0n) is 16.3. The number of anilines is 1. The summed E-state index contributed by atoms with van der Waals surface area (Å²) in [5.41, 5.74) is -0.0578. The van der Waals surface area contributed by atoms with Crippen molar-refractivity contribution in [3.8, 4) is 0 Å². The van der Waals surface area contributed by atoms with E-state index in [2.05, 4.69) is 10.2 Å². The Kier molecular flexibility index (Phi) is 7.67. The monoisotopic (exact) mass is 452 g/mol. The topological polar surface area (TPSA) is 128 Å². The molecule has 0 aromatic heterocycles. The molecule has 1 aliphatic rings. The second-order valence-electron chi connectivity index (χ2n) is 6.86. The molecule has 2 aromatic carbocycles. The van der Waals surface area contributed by atoms with Crippen LogP contribution in [0.1, 0.15) is 0 Å². The number of primary sulfonamides is 1. The highest BCUT2D eigenvalue weighted by Gasteiger charge is 2.23. The SMILES string of the molecule is NS(=O)(=O)c1ccc(N[C@@H](CSc2ccccc2)CN2CCOCC2)c([N+](=O)[O-])c1. The van der Waals surface area contributed by atoms with Gasteiger partial charge in [-0.2, -0.15) is 0 Å². The lowest BCUT2D eigenvalue weighted by molar-refractivity contribution is -0.384. The maximum atomic E-state index is 11.6. The Bertz CT molecular complexity index is 966. The van der Waals surface area contributed by atoms with Crippen LogP contribution in [-0.2, 0) is 14.8 Å². The minimum absolute atomic E-state index is 0.104. The van der Waals surface area contributed by atoms with E-state index in [9.17, 15) is 18.5 Å². The summed E-state index contributed by atoms with van der Waals surface area (Å²) in [6.07, 6.45) is 0. The van der Waals surface area contributed by atoms with E-state index >= 15 is 0 Å². The van der Waals surface area contributed by atoms with Crippen molar-refractivity contribution in [3.05, 3.63) is 58.6 Å². The number of rotatable bonds is 9. The third-order valence-electron chi connectivity index (χ3n) is 4.63. The first-order chi connectivity index (χ1) is 14.3. The highest BCUT2D eigenvalue weighted by molar-refractivity contribution is 7.99. The summed E-state index contributed by atoms with van der Waals surface area (Å²) in [5, 5.41) is 19.9. The fourth-order valence-electron chi connectivity index (χ4n) is 3.13. The third-order valence-corrected chi connectivity index (χ3v) is 6.72. The van der Waals surface area contributed by atoms with Crippen LogP contribution in [0.3, 0.4) is 0 Å². The molecule has 162 valence electrons. The number of nitro benzene ring substituents is 1. The zero-order valence-corrected chi connectivity index (χ0v) is 17.9. The van der Waals surface area contributed by atoms with Gasteiger partial charge in [-0.05, 0) is 24.3 Å². The van der Waals surface area contributed by atoms with Gasteiger partial charge in [0.2, 0.25) is 10.0 Å². The predicted molar refractivity (Wildman–Crippen MR) is 116 cm³/mol. The lowest BCUT2D eigenvalue weighted by Gasteiger charge is -2.31. The summed E-state index contributed by atoms with van der Waals surface area (Å²) >= 11 is 1.65. The quantitative estimate of drug-likeness (QED) is 0.336. The molecule has 3 N–H and O–H groups in total. The van der Waals surface area contributed by atoms with E-state index in [-0.39, 0.29) is 22.3 Å². The fraction of sp³-hybridized carbons (Fsp3) is 0.368. The van der Waals surface area contributed by atoms with Crippen LogP contribution in [0.25, 0.3) is 0 Å². The van der Waals surface area contributed by atoms with Crippen LogP contribution in [-0.4, -0.2) is 62.9 Å². The highest BCUT2D eigenvalue weighted by Crippen LogP contribution is 2.29. The van der Waals surface area contributed by atoms with Crippen molar-refractivity contribution in [1.82, 2.24) is 4.90 Å². The van der Waals surface area contributed by atoms with Crippen LogP contribution in [0.15, 0.2) is 58.3 Å². The molecule has 1 aliphatic heterocycles. The number of ether oxygens (including phenoxy) is 1. The lowest BCUT2D eigenvalue weighted by Crippen LogP contribution is -2.44. The number of morpholine rings is 1. The van der Waals surface area contributed by atoms with Gasteiger partial charge >= 0.3 is 0 Å². The normalized spacial score (nSPS) is 16.2. The van der Waals surface area contributed by atoms with Gasteiger partial charge in [0.15, 0.2) is 0 Å². The van der Waals surface area contributed by atoms with Gasteiger partial charge in [-0.25, -0.2) is 13.6 Å². The standard InChI is InChI=1S/C19H24N4O5S2/c20-30(26,27)17-6-7-18(19(12-17)23(24)25)21-15(13-22-8-10-28-11-9-22)14-29-16-4-2-1-3-5-16/h1-7,12,15,21H,8-11,13-14H2,(H2,20,26,27)/t15-/m1/s1. The molecule has 0 saturated carbocycles. The van der Waals surface area contributed by atoms with Crippen molar-refractivity contribution in [2.45, 2.75) is 15.8 Å². The summed E-state index contributed by atoms with van der Waals surface area (Å²) < 4.78 is 28.6. The highest BCUT2D eigenvalue weighted by atomic mass is 32.2. The number of hydrogen-bond acceptors (Lipinski definition) is 8. The third kappa shape index (κ3) is 6.41. The van der Waals surface area contributed by atoms with Gasteiger partial charge in [-0.15, -0.1) is 11.8 Å². The maximum absolute atomic E-state index is 11.6. The largest absolute Gasteiger partial charge is 0.379 e. The lowest BCUT2D eigenvalue weighted by atomic mass is 10.2. The Hall–Kier alpha value is -2.18. The summed E-state index contributed by atoms with van der Waals surface area (Å²) in [6, 6.07) is 13.5. The van der Waals surface area contributed by atoms with Crippen LogP contribution in [0, 0.1) is 10.1 Å². The molecule has 2 aromatic rings. The van der Waals surface area contributed by atoms with Gasteiger partial charge in [0.25, 0.3) is 5.69 Å². The minimum atomic E-state index is -4.03. The van der Waals surface area contributed by atoms with Crippen molar-refractivity contribution in [3.63, 3.8) is 0 Å². The predicted octanol–water partition coefficient (Wildman–Crippen LogP) is 2.15. The molecule has 0 unspecified atom stereocenters. The molecule has 9 nitrogen and oxygen atoms in total. The molecule has 1 fully saturated rings. The Morgan fingerprint density at radius 3 is 2.53 bits per heavy atom. The average Bonchev–Trinajstić information content (AvgIpc) is 2.73. The maximum Gasteiger partial charge on any atom is 0.293 e. The molecule has 3 rings (SSSR count). The van der Waals surface area contributed by atoms with E-state index in [1.807, 2.05) is 30.3 Å². The van der Waals surface area contributed by atoms with Crippen LogP contribution < -0.4 is 10.5 Å². The second kappa shape index (κ2) is 10.2. The smallest absolute Gasteiger partial charge is 0.293 e. The molecule has 0 aliphatic carbocycles. The molecular formula is C19H24N4O5S2. The molecule has 1 atom stereocenters. The molecule has 11 heteroatoms. The van der Waals surface area contributed by atoms with E-state index in [0.717, 1.165) is 24.1 Å². The minimum Gasteiger partial charge on any atom is -0.379 e. The van der Waals surface area contributed by atoms with Crippen molar-refractivity contribution >= 4 is 33.2 Å². The van der Waals surface area contributed by atoms with Crippen LogP contribution in [0.4, 0.5) is 11.4 Å². The van der Waals surface area contributed by atoms with Crippen LogP contribution in [0.5, 0.6) is 0 Å². The number of benzene rings is 2. The first kappa shape index (κ1) is 22.5. The van der Waals surface area contributed by atoms with Gasteiger partial charge in [0.05, 0.1) is 23.0 Å². The molecule has 0 spiro atoms. The van der Waals surface area contributed by atoms with Crippen LogP contribution in [0.2, 0.25) is 0 Å². The van der Waals surface area contributed by atoms with E-state index in [1.54, 1.807) is 11.8 Å². The molecule has 1 heterocycles. The molecule has 0 amide bonds. The Labute approximate surface area is 179 Å². The number of sulfonamides is 1. The summed E-state index contributed by atoms with van der Waals surface area (Å²) in [7, 11) is -4.03. The number of nitrogens with zero attached hydrogens (tertiary/aromatic N) is 2. The Morgan fingerprint density at radius 2 is 1.90 bits per heavy atom. The first-order valence-corrected chi connectivity index (χ1v) is 11.9. The number of nitrogens with one attached hydrogen (secondary N) is 1. The van der Waals surface area contributed by atoms with Crippen LogP contribution >= 0.6 is 11.8 Å². The second-order valence-corrected chi connectivity index (χ2v) is 9.51. The van der Waals surface area contributed by atoms with Gasteiger partial charge in [-0.1, -0.05) is 18.2 Å². The van der Waals surface area contributed by atoms with Crippen molar-refractivity contribution in [2.75, 3.05) is 43.9 Å². The van der Waals surface area contributed by atoms with Gasteiger partial charge in [-0.3, -0.25) is 15.0 Å². The van der Waals surface area contributed by atoms with Crippen molar-refractivity contribution in [1.29, 1.82) is 0 Å².